The van der Waals surface area contributed by atoms with Gasteiger partial charge in [-0.1, -0.05) is 0 Å². The van der Waals surface area contributed by atoms with Gasteiger partial charge in [0.1, 0.15) is 0 Å². The van der Waals surface area contributed by atoms with Gasteiger partial charge >= 0.3 is 5.97 Å². The number of amides is 1. The molecule has 0 saturated carbocycles. The van der Waals surface area contributed by atoms with E-state index in [9.17, 15) is 9.59 Å². The Morgan fingerprint density at radius 1 is 1.65 bits per heavy atom. The highest BCUT2D eigenvalue weighted by Crippen LogP contribution is 2.31. The minimum absolute atomic E-state index is 0.185. The first kappa shape index (κ1) is 11.4. The first-order valence-electron chi connectivity index (χ1n) is 5.20. The third kappa shape index (κ3) is 1.82. The minimum Gasteiger partial charge on any atom is -0.463 e. The second kappa shape index (κ2) is 4.04. The third-order valence-corrected chi connectivity index (χ3v) is 2.41. The molecule has 0 aromatic carbocycles. The van der Waals surface area contributed by atoms with Crippen molar-refractivity contribution >= 4 is 17.7 Å². The van der Waals surface area contributed by atoms with Crippen LogP contribution in [0.2, 0.25) is 0 Å². The van der Waals surface area contributed by atoms with Crippen LogP contribution < -0.4 is 10.1 Å². The predicted molar refractivity (Wildman–Crippen MR) is 58.5 cm³/mol. The summed E-state index contributed by atoms with van der Waals surface area (Å²) in [6.45, 7) is 3.22. The number of esters is 1. The Morgan fingerprint density at radius 2 is 2.41 bits per heavy atom. The molecule has 2 rings (SSSR count). The summed E-state index contributed by atoms with van der Waals surface area (Å²) in [5, 5.41) is 2.51. The number of ether oxygens (including phenoxy) is 2. The molecule has 0 aliphatic carbocycles. The molecule has 2 heterocycles. The summed E-state index contributed by atoms with van der Waals surface area (Å²) in [6, 6.07) is 3.28. The summed E-state index contributed by atoms with van der Waals surface area (Å²) >= 11 is 0. The van der Waals surface area contributed by atoms with Gasteiger partial charge in [0.05, 0.1) is 6.61 Å². The Kier molecular flexibility index (Phi) is 2.71. The van der Waals surface area contributed by atoms with Gasteiger partial charge in [-0.2, -0.15) is 0 Å². The SMILES string of the molecule is CCOC(=O)[C@@]1(C)Oc2cccnc2NC1=O. The minimum atomic E-state index is -1.66. The topological polar surface area (TPSA) is 77.5 Å². The van der Waals surface area contributed by atoms with Crippen molar-refractivity contribution in [2.45, 2.75) is 19.4 Å². The number of aromatic nitrogens is 1. The van der Waals surface area contributed by atoms with Gasteiger partial charge in [-0.25, -0.2) is 9.78 Å². The third-order valence-electron chi connectivity index (χ3n) is 2.41. The maximum atomic E-state index is 11.8. The van der Waals surface area contributed by atoms with Crippen LogP contribution in [0.25, 0.3) is 0 Å². The lowest BCUT2D eigenvalue weighted by Gasteiger charge is -2.31. The number of carbonyl (C=O) groups is 2. The lowest BCUT2D eigenvalue weighted by Crippen LogP contribution is -2.55. The molecule has 1 aromatic heterocycles. The van der Waals surface area contributed by atoms with E-state index >= 15 is 0 Å². The molecule has 0 unspecified atom stereocenters. The lowest BCUT2D eigenvalue weighted by atomic mass is 10.0. The number of rotatable bonds is 2. The van der Waals surface area contributed by atoms with Gasteiger partial charge in [0.25, 0.3) is 11.5 Å². The quantitative estimate of drug-likeness (QED) is 0.605. The van der Waals surface area contributed by atoms with E-state index in [1.165, 1.54) is 13.1 Å². The zero-order valence-corrected chi connectivity index (χ0v) is 9.52. The molecule has 90 valence electrons. The maximum Gasteiger partial charge on any atom is 0.360 e. The van der Waals surface area contributed by atoms with Crippen LogP contribution >= 0.6 is 0 Å². The van der Waals surface area contributed by atoms with E-state index in [1.807, 2.05) is 0 Å². The van der Waals surface area contributed by atoms with Crippen molar-refractivity contribution in [1.82, 2.24) is 4.98 Å². The van der Waals surface area contributed by atoms with E-state index in [-0.39, 0.29) is 6.61 Å². The molecule has 1 atom stereocenters. The Bertz CT molecular complexity index is 474. The van der Waals surface area contributed by atoms with Crippen molar-refractivity contribution in [2.75, 3.05) is 11.9 Å². The molecule has 17 heavy (non-hydrogen) atoms. The predicted octanol–water partition coefficient (Wildman–Crippen LogP) is 0.734. The Balaban J connectivity index is 2.34. The average Bonchev–Trinajstić information content (AvgIpc) is 2.31. The van der Waals surface area contributed by atoms with E-state index in [1.54, 1.807) is 19.1 Å². The molecule has 1 aliphatic rings. The van der Waals surface area contributed by atoms with Crippen LogP contribution in [0.3, 0.4) is 0 Å². The van der Waals surface area contributed by atoms with Crippen molar-refractivity contribution in [3.8, 4) is 5.75 Å². The molecule has 1 aliphatic heterocycles. The first-order chi connectivity index (χ1) is 8.08. The first-order valence-corrected chi connectivity index (χ1v) is 5.20. The molecule has 0 radical (unpaired) electrons. The summed E-state index contributed by atoms with van der Waals surface area (Å²) in [6.07, 6.45) is 1.52. The molecular formula is C11H12N2O4. The molecule has 0 bridgehead atoms. The summed E-state index contributed by atoms with van der Waals surface area (Å²) in [5.41, 5.74) is -1.66. The summed E-state index contributed by atoms with van der Waals surface area (Å²) in [4.78, 5) is 27.5. The highest BCUT2D eigenvalue weighted by molar-refractivity contribution is 6.13. The number of nitrogens with one attached hydrogen (secondary N) is 1. The Labute approximate surface area is 97.9 Å². The molecule has 1 N–H and O–H groups in total. The molecule has 1 aromatic rings. The van der Waals surface area contributed by atoms with Crippen molar-refractivity contribution in [3.05, 3.63) is 18.3 Å². The number of fused-ring (bicyclic) bond motifs is 1. The van der Waals surface area contributed by atoms with Gasteiger partial charge in [0, 0.05) is 6.20 Å². The van der Waals surface area contributed by atoms with E-state index in [0.29, 0.717) is 11.6 Å². The smallest absolute Gasteiger partial charge is 0.360 e. The van der Waals surface area contributed by atoms with Crippen LogP contribution in [0.15, 0.2) is 18.3 Å². The van der Waals surface area contributed by atoms with Gasteiger partial charge in [-0.05, 0) is 26.0 Å². The van der Waals surface area contributed by atoms with Crippen LogP contribution in [0.4, 0.5) is 5.82 Å². The Hall–Kier alpha value is -2.11. The normalized spacial score (nSPS) is 22.1. The molecule has 6 heteroatoms. The fraction of sp³-hybridized carbons (Fsp3) is 0.364. The second-order valence-corrected chi connectivity index (χ2v) is 3.66. The average molecular weight is 236 g/mol. The van der Waals surface area contributed by atoms with Crippen molar-refractivity contribution in [3.63, 3.8) is 0 Å². The molecule has 0 spiro atoms. The Morgan fingerprint density at radius 3 is 3.12 bits per heavy atom. The highest BCUT2D eigenvalue weighted by Gasteiger charge is 2.49. The zero-order valence-electron chi connectivity index (χ0n) is 9.52. The fourth-order valence-corrected chi connectivity index (χ4v) is 1.46. The fourth-order valence-electron chi connectivity index (χ4n) is 1.46. The monoisotopic (exact) mass is 236 g/mol. The molecule has 1 amide bonds. The standard InChI is InChI=1S/C11H12N2O4/c1-3-16-10(15)11(2)9(14)13-8-7(17-11)5-4-6-12-8/h4-6H,3H2,1-2H3,(H,12,13,14)/t11-/m0/s1. The summed E-state index contributed by atoms with van der Waals surface area (Å²) in [5.74, 6) is -0.643. The van der Waals surface area contributed by atoms with Crippen LogP contribution in [0, 0.1) is 0 Å². The number of hydrogen-bond donors (Lipinski definition) is 1. The molecule has 6 nitrogen and oxygen atoms in total. The van der Waals surface area contributed by atoms with E-state index in [2.05, 4.69) is 10.3 Å². The number of pyridine rings is 1. The van der Waals surface area contributed by atoms with Gasteiger partial charge < -0.3 is 14.8 Å². The van der Waals surface area contributed by atoms with Crippen LogP contribution in [0.5, 0.6) is 5.75 Å². The van der Waals surface area contributed by atoms with Gasteiger partial charge in [-0.15, -0.1) is 0 Å². The van der Waals surface area contributed by atoms with E-state index < -0.39 is 17.5 Å². The largest absolute Gasteiger partial charge is 0.463 e. The number of hydrogen-bond acceptors (Lipinski definition) is 5. The number of nitrogens with zero attached hydrogens (tertiary/aromatic N) is 1. The van der Waals surface area contributed by atoms with Crippen LogP contribution in [-0.4, -0.2) is 29.1 Å². The van der Waals surface area contributed by atoms with Crippen LogP contribution in [0.1, 0.15) is 13.8 Å². The van der Waals surface area contributed by atoms with Crippen molar-refractivity contribution in [2.24, 2.45) is 0 Å². The molecule has 0 fully saturated rings. The van der Waals surface area contributed by atoms with Gasteiger partial charge in [0.15, 0.2) is 11.6 Å². The zero-order chi connectivity index (χ0) is 12.5. The summed E-state index contributed by atoms with van der Waals surface area (Å²) < 4.78 is 10.2. The van der Waals surface area contributed by atoms with Crippen molar-refractivity contribution in [1.29, 1.82) is 0 Å². The van der Waals surface area contributed by atoms with Crippen LogP contribution in [-0.2, 0) is 14.3 Å². The number of anilines is 1. The second-order valence-electron chi connectivity index (χ2n) is 3.66. The maximum absolute atomic E-state index is 11.8. The molecular weight excluding hydrogens is 224 g/mol. The number of carbonyl (C=O) groups excluding carboxylic acids is 2. The van der Waals surface area contributed by atoms with E-state index in [4.69, 9.17) is 9.47 Å². The van der Waals surface area contributed by atoms with Crippen molar-refractivity contribution < 1.29 is 19.1 Å². The van der Waals surface area contributed by atoms with E-state index in [0.717, 1.165) is 0 Å². The van der Waals surface area contributed by atoms with Gasteiger partial charge in [-0.3, -0.25) is 4.79 Å². The lowest BCUT2D eigenvalue weighted by molar-refractivity contribution is -0.165. The van der Waals surface area contributed by atoms with Gasteiger partial charge in [0.2, 0.25) is 0 Å². The highest BCUT2D eigenvalue weighted by atomic mass is 16.6. The molecule has 0 saturated heterocycles. The summed E-state index contributed by atoms with van der Waals surface area (Å²) in [7, 11) is 0.